The van der Waals surface area contributed by atoms with E-state index in [0.29, 0.717) is 12.1 Å². The lowest BCUT2D eigenvalue weighted by Crippen LogP contribution is -2.33. The molecule has 2 heterocycles. The van der Waals surface area contributed by atoms with Crippen molar-refractivity contribution in [3.63, 3.8) is 0 Å². The summed E-state index contributed by atoms with van der Waals surface area (Å²) in [5.41, 5.74) is 1.07. The van der Waals surface area contributed by atoms with Gasteiger partial charge in [0, 0.05) is 24.8 Å². The molecule has 1 aliphatic rings. The Bertz CT molecular complexity index is 347. The van der Waals surface area contributed by atoms with E-state index in [1.54, 1.807) is 0 Å². The molecule has 4 nitrogen and oxygen atoms in total. The summed E-state index contributed by atoms with van der Waals surface area (Å²) >= 11 is 0. The number of nitrogens with zero attached hydrogens (tertiary/aromatic N) is 2. The molecule has 0 bridgehead atoms. The van der Waals surface area contributed by atoms with Gasteiger partial charge >= 0.3 is 0 Å². The van der Waals surface area contributed by atoms with Gasteiger partial charge < -0.3 is 10.6 Å². The molecule has 4 heteroatoms. The first kappa shape index (κ1) is 12.5. The minimum Gasteiger partial charge on any atom is -0.314 e. The molecule has 0 aliphatic carbocycles. The quantitative estimate of drug-likeness (QED) is 0.808. The topological polar surface area (TPSA) is 49.8 Å². The van der Waals surface area contributed by atoms with Crippen molar-refractivity contribution < 1.29 is 0 Å². The summed E-state index contributed by atoms with van der Waals surface area (Å²) in [4.78, 5) is 8.49. The van der Waals surface area contributed by atoms with Gasteiger partial charge in [-0.25, -0.2) is 9.97 Å². The molecule has 1 fully saturated rings. The Balaban J connectivity index is 1.73. The van der Waals surface area contributed by atoms with Gasteiger partial charge in [0.25, 0.3) is 0 Å². The number of hydrogen-bond donors (Lipinski definition) is 2. The maximum absolute atomic E-state index is 4.39. The lowest BCUT2D eigenvalue weighted by atomic mass is 10.1. The van der Waals surface area contributed by atoms with Crippen LogP contribution in [0.15, 0.2) is 12.3 Å². The van der Waals surface area contributed by atoms with E-state index < -0.39 is 0 Å². The summed E-state index contributed by atoms with van der Waals surface area (Å²) in [5, 5.41) is 7.05. The van der Waals surface area contributed by atoms with Crippen LogP contribution in [0.3, 0.4) is 0 Å². The Morgan fingerprint density at radius 1 is 1.59 bits per heavy atom. The van der Waals surface area contributed by atoms with E-state index in [9.17, 15) is 0 Å². The minimum absolute atomic E-state index is 0.529. The Morgan fingerprint density at radius 3 is 3.18 bits per heavy atom. The van der Waals surface area contributed by atoms with Crippen molar-refractivity contribution in [2.75, 3.05) is 6.54 Å². The van der Waals surface area contributed by atoms with E-state index in [0.717, 1.165) is 18.1 Å². The zero-order chi connectivity index (χ0) is 12.1. The van der Waals surface area contributed by atoms with E-state index in [2.05, 4.69) is 27.5 Å². The maximum Gasteiger partial charge on any atom is 0.125 e. The molecule has 2 N–H and O–H groups in total. The number of nitrogens with one attached hydrogen (secondary N) is 2. The van der Waals surface area contributed by atoms with Crippen LogP contribution in [-0.2, 0) is 6.54 Å². The predicted octanol–water partition coefficient (Wildman–Crippen LogP) is 1.41. The number of aryl methyl sites for hydroxylation is 1. The van der Waals surface area contributed by atoms with E-state index in [4.69, 9.17) is 0 Å². The van der Waals surface area contributed by atoms with Gasteiger partial charge in [0.1, 0.15) is 5.82 Å². The van der Waals surface area contributed by atoms with Gasteiger partial charge in [-0.05, 0) is 45.7 Å². The average Bonchev–Trinajstić information content (AvgIpc) is 2.79. The molecule has 0 spiro atoms. The average molecular weight is 234 g/mol. The van der Waals surface area contributed by atoms with Crippen molar-refractivity contribution in [1.29, 1.82) is 0 Å². The lowest BCUT2D eigenvalue weighted by molar-refractivity contribution is 0.437. The van der Waals surface area contributed by atoms with Crippen molar-refractivity contribution in [2.45, 2.75) is 51.7 Å². The zero-order valence-electron chi connectivity index (χ0n) is 10.7. The normalized spacial score (nSPS) is 21.6. The predicted molar refractivity (Wildman–Crippen MR) is 68.7 cm³/mol. The summed E-state index contributed by atoms with van der Waals surface area (Å²) in [5.74, 6) is 0.842. The van der Waals surface area contributed by atoms with E-state index >= 15 is 0 Å². The maximum atomic E-state index is 4.39. The first-order chi connectivity index (χ1) is 8.24. The molecule has 1 aliphatic heterocycles. The van der Waals surface area contributed by atoms with Crippen LogP contribution in [0.5, 0.6) is 0 Å². The third-order valence-corrected chi connectivity index (χ3v) is 3.27. The van der Waals surface area contributed by atoms with Gasteiger partial charge in [-0.3, -0.25) is 0 Å². The number of hydrogen-bond acceptors (Lipinski definition) is 4. The van der Waals surface area contributed by atoms with Gasteiger partial charge in [-0.2, -0.15) is 0 Å². The Morgan fingerprint density at radius 2 is 2.47 bits per heavy atom. The second-order valence-corrected chi connectivity index (χ2v) is 4.91. The van der Waals surface area contributed by atoms with Gasteiger partial charge in [-0.1, -0.05) is 0 Å². The fourth-order valence-corrected chi connectivity index (χ4v) is 2.35. The molecule has 0 radical (unpaired) electrons. The third kappa shape index (κ3) is 4.06. The van der Waals surface area contributed by atoms with Crippen LogP contribution in [0, 0.1) is 6.92 Å². The number of rotatable bonds is 5. The molecule has 0 saturated carbocycles. The fourth-order valence-electron chi connectivity index (χ4n) is 2.35. The molecule has 17 heavy (non-hydrogen) atoms. The van der Waals surface area contributed by atoms with Crippen molar-refractivity contribution in [3.05, 3.63) is 23.8 Å². The Labute approximate surface area is 103 Å². The molecule has 94 valence electrons. The highest BCUT2D eigenvalue weighted by atomic mass is 15.0. The molecule has 1 saturated heterocycles. The highest BCUT2D eigenvalue weighted by Gasteiger charge is 2.16. The molecule has 2 rings (SSSR count). The highest BCUT2D eigenvalue weighted by Crippen LogP contribution is 2.11. The second kappa shape index (κ2) is 6.07. The van der Waals surface area contributed by atoms with Crippen LogP contribution >= 0.6 is 0 Å². The molecule has 0 amide bonds. The van der Waals surface area contributed by atoms with Crippen LogP contribution in [0.25, 0.3) is 0 Å². The van der Waals surface area contributed by atoms with E-state index in [1.165, 1.54) is 25.8 Å². The molecule has 0 aromatic carbocycles. The molecular weight excluding hydrogens is 212 g/mol. The fraction of sp³-hybridized carbons (Fsp3) is 0.692. The molecule has 2 unspecified atom stereocenters. The summed E-state index contributed by atoms with van der Waals surface area (Å²) in [7, 11) is 0. The van der Waals surface area contributed by atoms with Crippen molar-refractivity contribution >= 4 is 0 Å². The smallest absolute Gasteiger partial charge is 0.125 e. The van der Waals surface area contributed by atoms with Gasteiger partial charge in [0.05, 0.1) is 5.69 Å². The summed E-state index contributed by atoms with van der Waals surface area (Å²) < 4.78 is 0. The van der Waals surface area contributed by atoms with Gasteiger partial charge in [-0.15, -0.1) is 0 Å². The summed E-state index contributed by atoms with van der Waals surface area (Å²) in [6, 6.07) is 3.20. The molecule has 2 atom stereocenters. The van der Waals surface area contributed by atoms with Crippen LogP contribution < -0.4 is 10.6 Å². The largest absolute Gasteiger partial charge is 0.314 e. The first-order valence-corrected chi connectivity index (χ1v) is 6.49. The van der Waals surface area contributed by atoms with E-state index in [1.807, 2.05) is 19.2 Å². The first-order valence-electron chi connectivity index (χ1n) is 6.49. The van der Waals surface area contributed by atoms with Gasteiger partial charge in [0.15, 0.2) is 0 Å². The minimum atomic E-state index is 0.529. The van der Waals surface area contributed by atoms with Crippen molar-refractivity contribution in [1.82, 2.24) is 20.6 Å². The Hall–Kier alpha value is -1.00. The van der Waals surface area contributed by atoms with Crippen LogP contribution in [-0.4, -0.2) is 28.6 Å². The lowest BCUT2D eigenvalue weighted by Gasteiger charge is -2.18. The van der Waals surface area contributed by atoms with Gasteiger partial charge in [0.2, 0.25) is 0 Å². The Kier molecular flexibility index (Phi) is 4.45. The van der Waals surface area contributed by atoms with Crippen molar-refractivity contribution in [2.24, 2.45) is 0 Å². The van der Waals surface area contributed by atoms with Crippen LogP contribution in [0.2, 0.25) is 0 Å². The summed E-state index contributed by atoms with van der Waals surface area (Å²) in [6.45, 7) is 6.18. The van der Waals surface area contributed by atoms with E-state index in [-0.39, 0.29) is 0 Å². The van der Waals surface area contributed by atoms with Crippen molar-refractivity contribution in [3.8, 4) is 0 Å². The number of aromatic nitrogens is 2. The highest BCUT2D eigenvalue weighted by molar-refractivity contribution is 5.01. The van der Waals surface area contributed by atoms with Crippen LogP contribution in [0.4, 0.5) is 0 Å². The zero-order valence-corrected chi connectivity index (χ0v) is 10.7. The van der Waals surface area contributed by atoms with Crippen LogP contribution in [0.1, 0.15) is 37.7 Å². The second-order valence-electron chi connectivity index (χ2n) is 4.91. The molecular formula is C13H22N4. The molecule has 1 aromatic rings. The molecule has 1 aromatic heterocycles. The third-order valence-electron chi connectivity index (χ3n) is 3.27. The SMILES string of the molecule is Cc1nccc(CNC(C)CC2CCCN2)n1. The standard InChI is InChI=1S/C13H22N4/c1-10(8-12-4-3-6-15-12)16-9-13-5-7-14-11(2)17-13/h5,7,10,12,15-16H,3-4,6,8-9H2,1-2H3. The monoisotopic (exact) mass is 234 g/mol. The summed E-state index contributed by atoms with van der Waals surface area (Å²) in [6.07, 6.45) is 5.66.